The molecule has 0 radical (unpaired) electrons. The number of hydrogen-bond donors (Lipinski definition) is 0. The zero-order valence-electron chi connectivity index (χ0n) is 10.5. The van der Waals surface area contributed by atoms with Gasteiger partial charge in [-0.2, -0.15) is 0 Å². The van der Waals surface area contributed by atoms with Gasteiger partial charge in [0.15, 0.2) is 11.5 Å². The highest BCUT2D eigenvalue weighted by Crippen LogP contribution is 2.35. The number of benzene rings is 1. The Kier molecular flexibility index (Phi) is 3.36. The molecule has 0 amide bonds. The van der Waals surface area contributed by atoms with E-state index in [1.807, 2.05) is 18.2 Å². The fourth-order valence-electron chi connectivity index (χ4n) is 1.64. The van der Waals surface area contributed by atoms with Crippen LogP contribution in [0.3, 0.4) is 0 Å². The Morgan fingerprint density at radius 2 is 2.00 bits per heavy atom. The molecule has 0 saturated heterocycles. The summed E-state index contributed by atoms with van der Waals surface area (Å²) in [4.78, 5) is 11.6. The number of esters is 1. The van der Waals surface area contributed by atoms with Gasteiger partial charge in [0.1, 0.15) is 0 Å². The van der Waals surface area contributed by atoms with Gasteiger partial charge < -0.3 is 9.47 Å². The third-order valence-corrected chi connectivity index (χ3v) is 2.98. The maximum Gasteiger partial charge on any atom is 0.314 e. The van der Waals surface area contributed by atoms with Crippen LogP contribution >= 0.6 is 0 Å². The monoisotopic (exact) mass is 234 g/mol. The average molecular weight is 234 g/mol. The van der Waals surface area contributed by atoms with Crippen LogP contribution in [0.2, 0.25) is 0 Å². The summed E-state index contributed by atoms with van der Waals surface area (Å²) in [5.41, 5.74) is 1.17. The molecule has 0 aromatic heterocycles. The minimum absolute atomic E-state index is 0.101. The summed E-state index contributed by atoms with van der Waals surface area (Å²) in [7, 11) is 1.59. The largest absolute Gasteiger partial charge is 0.493 e. The van der Waals surface area contributed by atoms with E-state index in [1.165, 1.54) is 5.56 Å². The summed E-state index contributed by atoms with van der Waals surface area (Å²) < 4.78 is 10.6. The molecule has 0 spiro atoms. The lowest BCUT2D eigenvalue weighted by molar-refractivity contribution is -0.135. The van der Waals surface area contributed by atoms with Crippen LogP contribution in [0.25, 0.3) is 0 Å². The van der Waals surface area contributed by atoms with Crippen molar-refractivity contribution in [1.29, 1.82) is 0 Å². The predicted octanol–water partition coefficient (Wildman–Crippen LogP) is 3.13. The van der Waals surface area contributed by atoms with E-state index in [1.54, 1.807) is 7.11 Å². The fraction of sp³-hybridized carbons (Fsp3) is 0.500. The molecule has 0 bridgehead atoms. The van der Waals surface area contributed by atoms with Crippen LogP contribution < -0.4 is 9.47 Å². The van der Waals surface area contributed by atoms with Crippen LogP contribution in [0, 0.1) is 5.92 Å². The van der Waals surface area contributed by atoms with Crippen molar-refractivity contribution in [3.63, 3.8) is 0 Å². The van der Waals surface area contributed by atoms with Gasteiger partial charge in [-0.3, -0.25) is 4.79 Å². The average Bonchev–Trinajstić information content (AvgIpc) is 3.13. The maximum atomic E-state index is 11.6. The van der Waals surface area contributed by atoms with Gasteiger partial charge in [-0.05, 0) is 36.5 Å². The second-order valence-electron chi connectivity index (χ2n) is 4.76. The highest BCUT2D eigenvalue weighted by molar-refractivity contribution is 5.78. The highest BCUT2D eigenvalue weighted by atomic mass is 16.6. The Bertz CT molecular complexity index is 419. The van der Waals surface area contributed by atoms with E-state index in [9.17, 15) is 4.79 Å². The lowest BCUT2D eigenvalue weighted by Gasteiger charge is -2.12. The first-order valence-electron chi connectivity index (χ1n) is 6.01. The first-order chi connectivity index (χ1) is 8.11. The molecular weight excluding hydrogens is 216 g/mol. The molecule has 1 aromatic carbocycles. The molecule has 0 N–H and O–H groups in total. The van der Waals surface area contributed by atoms with E-state index < -0.39 is 0 Å². The summed E-state index contributed by atoms with van der Waals surface area (Å²) in [5, 5.41) is 0. The Morgan fingerprint density at radius 1 is 1.29 bits per heavy atom. The minimum Gasteiger partial charge on any atom is -0.493 e. The van der Waals surface area contributed by atoms with Gasteiger partial charge in [0.2, 0.25) is 0 Å². The molecular formula is C14H18O3. The Hall–Kier alpha value is -1.51. The van der Waals surface area contributed by atoms with Crippen molar-refractivity contribution in [3.05, 3.63) is 23.8 Å². The van der Waals surface area contributed by atoms with Crippen molar-refractivity contribution in [2.24, 2.45) is 5.92 Å². The molecule has 1 saturated carbocycles. The van der Waals surface area contributed by atoms with Crippen LogP contribution in [0.1, 0.15) is 38.2 Å². The number of carbonyl (C=O) groups excluding carboxylic acids is 1. The van der Waals surface area contributed by atoms with Crippen LogP contribution in [0.4, 0.5) is 0 Å². The molecule has 3 nitrogen and oxygen atoms in total. The van der Waals surface area contributed by atoms with Gasteiger partial charge >= 0.3 is 5.97 Å². The van der Waals surface area contributed by atoms with Crippen molar-refractivity contribution < 1.29 is 14.3 Å². The summed E-state index contributed by atoms with van der Waals surface area (Å²) in [6, 6.07) is 5.72. The molecule has 0 aliphatic heterocycles. The molecule has 0 atom stereocenters. The van der Waals surface area contributed by atoms with Crippen LogP contribution in [-0.2, 0) is 4.79 Å². The molecule has 1 aliphatic rings. The molecule has 1 aliphatic carbocycles. The van der Waals surface area contributed by atoms with Gasteiger partial charge in [0.05, 0.1) is 13.0 Å². The quantitative estimate of drug-likeness (QED) is 0.593. The van der Waals surface area contributed by atoms with Crippen molar-refractivity contribution in [1.82, 2.24) is 0 Å². The fourth-order valence-corrected chi connectivity index (χ4v) is 1.64. The SMILES string of the molecule is COc1cc(C(C)C)ccc1OC(=O)C1CC1. The van der Waals surface area contributed by atoms with E-state index in [0.29, 0.717) is 17.4 Å². The standard InChI is InChI=1S/C14H18O3/c1-9(2)11-6-7-12(13(8-11)16-3)17-14(15)10-4-5-10/h6-10H,4-5H2,1-3H3. The van der Waals surface area contributed by atoms with E-state index in [4.69, 9.17) is 9.47 Å². The lowest BCUT2D eigenvalue weighted by Crippen LogP contribution is -2.10. The number of ether oxygens (including phenoxy) is 2. The van der Waals surface area contributed by atoms with Crippen LogP contribution in [-0.4, -0.2) is 13.1 Å². The molecule has 1 aromatic rings. The van der Waals surface area contributed by atoms with Crippen molar-refractivity contribution in [2.45, 2.75) is 32.6 Å². The second kappa shape index (κ2) is 4.78. The molecule has 0 unspecified atom stereocenters. The summed E-state index contributed by atoms with van der Waals surface area (Å²) in [6.45, 7) is 4.23. The first kappa shape index (κ1) is 12.0. The predicted molar refractivity (Wildman–Crippen MR) is 65.4 cm³/mol. The van der Waals surface area contributed by atoms with Gasteiger partial charge in [0.25, 0.3) is 0 Å². The normalized spacial score (nSPS) is 14.8. The molecule has 2 rings (SSSR count). The van der Waals surface area contributed by atoms with Crippen LogP contribution in [0.5, 0.6) is 11.5 Å². The zero-order chi connectivity index (χ0) is 12.4. The van der Waals surface area contributed by atoms with E-state index in [-0.39, 0.29) is 11.9 Å². The first-order valence-corrected chi connectivity index (χ1v) is 6.01. The zero-order valence-corrected chi connectivity index (χ0v) is 10.5. The van der Waals surface area contributed by atoms with Gasteiger partial charge in [-0.1, -0.05) is 19.9 Å². The molecule has 17 heavy (non-hydrogen) atoms. The summed E-state index contributed by atoms with van der Waals surface area (Å²) in [5.74, 6) is 1.54. The molecule has 3 heteroatoms. The Morgan fingerprint density at radius 3 is 2.53 bits per heavy atom. The van der Waals surface area contributed by atoms with Crippen molar-refractivity contribution in [3.8, 4) is 11.5 Å². The molecule has 0 heterocycles. The molecule has 1 fully saturated rings. The van der Waals surface area contributed by atoms with Gasteiger partial charge in [0, 0.05) is 0 Å². The van der Waals surface area contributed by atoms with Crippen molar-refractivity contribution in [2.75, 3.05) is 7.11 Å². The van der Waals surface area contributed by atoms with Gasteiger partial charge in [-0.25, -0.2) is 0 Å². The number of hydrogen-bond acceptors (Lipinski definition) is 3. The third-order valence-electron chi connectivity index (χ3n) is 2.98. The number of carbonyl (C=O) groups is 1. The summed E-state index contributed by atoms with van der Waals surface area (Å²) in [6.07, 6.45) is 1.90. The van der Waals surface area contributed by atoms with E-state index >= 15 is 0 Å². The smallest absolute Gasteiger partial charge is 0.314 e. The Labute approximate surface area is 102 Å². The Balaban J connectivity index is 2.18. The minimum atomic E-state index is -0.138. The molecule has 92 valence electrons. The van der Waals surface area contributed by atoms with E-state index in [0.717, 1.165) is 12.8 Å². The number of methoxy groups -OCH3 is 1. The maximum absolute atomic E-state index is 11.6. The second-order valence-corrected chi connectivity index (χ2v) is 4.76. The highest BCUT2D eigenvalue weighted by Gasteiger charge is 2.32. The third kappa shape index (κ3) is 2.78. The topological polar surface area (TPSA) is 35.5 Å². The van der Waals surface area contributed by atoms with Crippen LogP contribution in [0.15, 0.2) is 18.2 Å². The van der Waals surface area contributed by atoms with Crippen molar-refractivity contribution >= 4 is 5.97 Å². The lowest BCUT2D eigenvalue weighted by atomic mass is 10.0. The number of rotatable bonds is 4. The van der Waals surface area contributed by atoms with Gasteiger partial charge in [-0.15, -0.1) is 0 Å². The summed E-state index contributed by atoms with van der Waals surface area (Å²) >= 11 is 0. The van der Waals surface area contributed by atoms with E-state index in [2.05, 4.69) is 13.8 Å².